The SMILES string of the molecule is CCCOc1ccc(C=CC(=O)O)cc1-c1cc2c(cc1C)C(C)(C)CCC2(C)C. The molecule has 0 saturated heterocycles. The number of hydrogen-bond donors (Lipinski definition) is 1. The first-order chi connectivity index (χ1) is 14.0. The van der Waals surface area contributed by atoms with Crippen LogP contribution in [-0.4, -0.2) is 17.7 Å². The number of carboxylic acid groups (broad SMARTS) is 1. The smallest absolute Gasteiger partial charge is 0.328 e. The van der Waals surface area contributed by atoms with Crippen molar-refractivity contribution in [3.05, 3.63) is 58.7 Å². The molecule has 2 aromatic carbocycles. The van der Waals surface area contributed by atoms with Crippen LogP contribution in [0.4, 0.5) is 0 Å². The third kappa shape index (κ3) is 4.45. The van der Waals surface area contributed by atoms with Gasteiger partial charge in [-0.25, -0.2) is 4.79 Å². The van der Waals surface area contributed by atoms with Gasteiger partial charge in [0, 0.05) is 11.6 Å². The van der Waals surface area contributed by atoms with Gasteiger partial charge in [0.2, 0.25) is 0 Å². The molecule has 0 radical (unpaired) electrons. The number of ether oxygens (including phenoxy) is 1. The average Bonchev–Trinajstić information content (AvgIpc) is 2.68. The lowest BCUT2D eigenvalue weighted by Crippen LogP contribution is -2.34. The molecule has 0 heterocycles. The van der Waals surface area contributed by atoms with E-state index in [0.717, 1.165) is 35.3 Å². The fourth-order valence-electron chi connectivity index (χ4n) is 4.38. The molecule has 0 aromatic heterocycles. The van der Waals surface area contributed by atoms with Crippen LogP contribution < -0.4 is 4.74 Å². The van der Waals surface area contributed by atoms with Gasteiger partial charge in [-0.3, -0.25) is 0 Å². The van der Waals surface area contributed by atoms with E-state index >= 15 is 0 Å². The van der Waals surface area contributed by atoms with Gasteiger partial charge >= 0.3 is 5.97 Å². The third-order valence-electron chi connectivity index (χ3n) is 6.37. The molecule has 30 heavy (non-hydrogen) atoms. The molecule has 1 N–H and O–H groups in total. The molecule has 0 spiro atoms. The third-order valence-corrected chi connectivity index (χ3v) is 6.37. The van der Waals surface area contributed by atoms with E-state index in [9.17, 15) is 4.79 Å². The summed E-state index contributed by atoms with van der Waals surface area (Å²) in [6.07, 6.45) is 6.10. The van der Waals surface area contributed by atoms with E-state index < -0.39 is 5.97 Å². The van der Waals surface area contributed by atoms with Crippen molar-refractivity contribution in [3.8, 4) is 16.9 Å². The van der Waals surface area contributed by atoms with Crippen molar-refractivity contribution in [3.63, 3.8) is 0 Å². The van der Waals surface area contributed by atoms with Crippen LogP contribution >= 0.6 is 0 Å². The normalized spacial score (nSPS) is 17.0. The fraction of sp³-hybridized carbons (Fsp3) is 0.444. The summed E-state index contributed by atoms with van der Waals surface area (Å²) in [5.41, 5.74) is 7.41. The predicted molar refractivity (Wildman–Crippen MR) is 124 cm³/mol. The Kier molecular flexibility index (Phi) is 6.12. The second-order valence-electron chi connectivity index (χ2n) is 9.76. The van der Waals surface area contributed by atoms with Crippen LogP contribution in [0.1, 0.15) is 76.1 Å². The van der Waals surface area contributed by atoms with Crippen molar-refractivity contribution < 1.29 is 14.6 Å². The number of aliphatic carboxylic acids is 1. The summed E-state index contributed by atoms with van der Waals surface area (Å²) < 4.78 is 6.07. The van der Waals surface area contributed by atoms with Gasteiger partial charge in [-0.1, -0.05) is 46.8 Å². The van der Waals surface area contributed by atoms with Crippen LogP contribution in [0.3, 0.4) is 0 Å². The van der Waals surface area contributed by atoms with Crippen LogP contribution in [0.2, 0.25) is 0 Å². The standard InChI is InChI=1S/C27H34O3/c1-7-14-30-24-10-8-19(9-11-25(28)29)16-21(24)20-17-23-22(15-18(20)2)26(3,4)12-13-27(23,5)6/h8-11,15-17H,7,12-14H2,1-6H3,(H,28,29). The van der Waals surface area contributed by atoms with Crippen molar-refractivity contribution in [2.45, 2.75) is 71.6 Å². The van der Waals surface area contributed by atoms with E-state index in [1.807, 2.05) is 18.2 Å². The van der Waals surface area contributed by atoms with Crippen LogP contribution in [0.15, 0.2) is 36.4 Å². The summed E-state index contributed by atoms with van der Waals surface area (Å²) in [6, 6.07) is 10.6. The summed E-state index contributed by atoms with van der Waals surface area (Å²) in [7, 11) is 0. The van der Waals surface area contributed by atoms with E-state index in [1.54, 1.807) is 6.08 Å². The molecule has 1 aliphatic rings. The molecule has 0 fully saturated rings. The maximum Gasteiger partial charge on any atom is 0.328 e. The largest absolute Gasteiger partial charge is 0.493 e. The van der Waals surface area contributed by atoms with Crippen molar-refractivity contribution >= 4 is 12.0 Å². The maximum atomic E-state index is 11.0. The maximum absolute atomic E-state index is 11.0. The summed E-state index contributed by atoms with van der Waals surface area (Å²) in [5, 5.41) is 9.00. The highest BCUT2D eigenvalue weighted by atomic mass is 16.5. The van der Waals surface area contributed by atoms with E-state index in [-0.39, 0.29) is 10.8 Å². The molecule has 0 unspecified atom stereocenters. The van der Waals surface area contributed by atoms with Crippen molar-refractivity contribution in [2.75, 3.05) is 6.61 Å². The zero-order chi connectivity index (χ0) is 22.1. The Morgan fingerprint density at radius 2 is 1.67 bits per heavy atom. The number of fused-ring (bicyclic) bond motifs is 1. The predicted octanol–water partition coefficient (Wildman–Crippen LogP) is 6.90. The number of rotatable bonds is 6. The van der Waals surface area contributed by atoms with Crippen molar-refractivity contribution in [2.24, 2.45) is 0 Å². The zero-order valence-corrected chi connectivity index (χ0v) is 19.1. The highest BCUT2D eigenvalue weighted by molar-refractivity contribution is 5.86. The Balaban J connectivity index is 2.20. The molecule has 0 aliphatic heterocycles. The number of benzene rings is 2. The Morgan fingerprint density at radius 3 is 2.27 bits per heavy atom. The lowest BCUT2D eigenvalue weighted by molar-refractivity contribution is -0.131. The molecule has 0 amide bonds. The molecule has 3 nitrogen and oxygen atoms in total. The van der Waals surface area contributed by atoms with Crippen molar-refractivity contribution in [1.82, 2.24) is 0 Å². The first kappa shape index (κ1) is 22.1. The van der Waals surface area contributed by atoms with Gasteiger partial charge in [0.15, 0.2) is 0 Å². The van der Waals surface area contributed by atoms with E-state index in [1.165, 1.54) is 29.2 Å². The van der Waals surface area contributed by atoms with Crippen LogP contribution in [-0.2, 0) is 15.6 Å². The van der Waals surface area contributed by atoms with Gasteiger partial charge in [-0.05, 0) is 89.1 Å². The Labute approximate surface area is 180 Å². The van der Waals surface area contributed by atoms with E-state index in [2.05, 4.69) is 53.7 Å². The lowest BCUT2D eigenvalue weighted by Gasteiger charge is -2.42. The number of aryl methyl sites for hydroxylation is 1. The molecule has 0 atom stereocenters. The minimum Gasteiger partial charge on any atom is -0.493 e. The summed E-state index contributed by atoms with van der Waals surface area (Å²) in [6.45, 7) is 14.3. The second kappa shape index (κ2) is 8.29. The van der Waals surface area contributed by atoms with Crippen LogP contribution in [0, 0.1) is 6.92 Å². The van der Waals surface area contributed by atoms with Gasteiger partial charge in [-0.2, -0.15) is 0 Å². The topological polar surface area (TPSA) is 46.5 Å². The summed E-state index contributed by atoms with van der Waals surface area (Å²) in [4.78, 5) is 11.0. The zero-order valence-electron chi connectivity index (χ0n) is 19.1. The Hall–Kier alpha value is -2.55. The molecule has 0 saturated carbocycles. The molecule has 2 aromatic rings. The minimum atomic E-state index is -0.947. The quantitative estimate of drug-likeness (QED) is 0.531. The van der Waals surface area contributed by atoms with Crippen molar-refractivity contribution in [1.29, 1.82) is 0 Å². The van der Waals surface area contributed by atoms with E-state index in [0.29, 0.717) is 6.61 Å². The average molecular weight is 407 g/mol. The summed E-state index contributed by atoms with van der Waals surface area (Å²) in [5.74, 6) is -0.1000. The highest BCUT2D eigenvalue weighted by Gasteiger charge is 2.37. The molecule has 3 rings (SSSR count). The molecule has 3 heteroatoms. The fourth-order valence-corrected chi connectivity index (χ4v) is 4.38. The molecular weight excluding hydrogens is 372 g/mol. The number of carboxylic acids is 1. The monoisotopic (exact) mass is 406 g/mol. The molecule has 1 aliphatic carbocycles. The van der Waals surface area contributed by atoms with Gasteiger partial charge < -0.3 is 9.84 Å². The Bertz CT molecular complexity index is 980. The lowest BCUT2D eigenvalue weighted by atomic mass is 9.62. The first-order valence-corrected chi connectivity index (χ1v) is 10.9. The molecular formula is C27H34O3. The first-order valence-electron chi connectivity index (χ1n) is 10.9. The second-order valence-corrected chi connectivity index (χ2v) is 9.76. The van der Waals surface area contributed by atoms with Gasteiger partial charge in [-0.15, -0.1) is 0 Å². The number of carbonyl (C=O) groups is 1. The van der Waals surface area contributed by atoms with Gasteiger partial charge in [0.1, 0.15) is 5.75 Å². The summed E-state index contributed by atoms with van der Waals surface area (Å²) >= 11 is 0. The van der Waals surface area contributed by atoms with Gasteiger partial charge in [0.05, 0.1) is 6.61 Å². The van der Waals surface area contributed by atoms with E-state index in [4.69, 9.17) is 9.84 Å². The highest BCUT2D eigenvalue weighted by Crippen LogP contribution is 2.48. The minimum absolute atomic E-state index is 0.124. The van der Waals surface area contributed by atoms with Crippen LogP contribution in [0.25, 0.3) is 17.2 Å². The molecule has 160 valence electrons. The van der Waals surface area contributed by atoms with Crippen LogP contribution in [0.5, 0.6) is 5.75 Å². The van der Waals surface area contributed by atoms with Gasteiger partial charge in [0.25, 0.3) is 0 Å². The molecule has 0 bridgehead atoms. The Morgan fingerprint density at radius 1 is 1.03 bits per heavy atom. The number of hydrogen-bond acceptors (Lipinski definition) is 2.